The lowest BCUT2D eigenvalue weighted by molar-refractivity contribution is -0.121. The number of amides is 3. The molecule has 0 aromatic heterocycles. The summed E-state index contributed by atoms with van der Waals surface area (Å²) < 4.78 is 0.728. The SMILES string of the molecule is Cl.O=C(CCN1C(=O)c2ccc(Br)cc2C1=O)NCC1CNCC1O. The van der Waals surface area contributed by atoms with Crippen LogP contribution in [0.3, 0.4) is 0 Å². The third kappa shape index (κ3) is 4.20. The normalized spacial score (nSPS) is 21.9. The fourth-order valence-corrected chi connectivity index (χ4v) is 3.30. The number of imide groups is 1. The van der Waals surface area contributed by atoms with Gasteiger partial charge < -0.3 is 15.7 Å². The summed E-state index contributed by atoms with van der Waals surface area (Å²) in [5.74, 6) is -0.998. The molecule has 3 rings (SSSR count). The highest BCUT2D eigenvalue weighted by Crippen LogP contribution is 2.26. The number of hydrogen-bond donors (Lipinski definition) is 3. The lowest BCUT2D eigenvalue weighted by Crippen LogP contribution is -2.37. The molecule has 0 spiro atoms. The number of halogens is 2. The molecule has 2 heterocycles. The van der Waals surface area contributed by atoms with Gasteiger partial charge in [0, 0.05) is 43.0 Å². The Balaban J connectivity index is 0.00000225. The predicted molar refractivity (Wildman–Crippen MR) is 96.8 cm³/mol. The van der Waals surface area contributed by atoms with E-state index in [1.54, 1.807) is 18.2 Å². The van der Waals surface area contributed by atoms with E-state index in [2.05, 4.69) is 26.6 Å². The molecular weight excluding hydrogens is 414 g/mol. The first-order chi connectivity index (χ1) is 11.5. The minimum Gasteiger partial charge on any atom is -0.391 e. The molecule has 25 heavy (non-hydrogen) atoms. The Hall–Kier alpha value is -1.48. The van der Waals surface area contributed by atoms with Gasteiger partial charge in [-0.15, -0.1) is 12.4 Å². The van der Waals surface area contributed by atoms with E-state index < -0.39 is 6.10 Å². The van der Waals surface area contributed by atoms with Gasteiger partial charge in [-0.05, 0) is 18.2 Å². The van der Waals surface area contributed by atoms with Gasteiger partial charge in [-0.1, -0.05) is 15.9 Å². The lowest BCUT2D eigenvalue weighted by Gasteiger charge is -2.16. The summed E-state index contributed by atoms with van der Waals surface area (Å²) in [6.07, 6.45) is -0.414. The maximum absolute atomic E-state index is 12.3. The van der Waals surface area contributed by atoms with Gasteiger partial charge in [-0.3, -0.25) is 19.3 Å². The third-order valence-electron chi connectivity index (χ3n) is 4.36. The van der Waals surface area contributed by atoms with Crippen molar-refractivity contribution in [3.63, 3.8) is 0 Å². The first-order valence-electron chi connectivity index (χ1n) is 7.78. The summed E-state index contributed by atoms with van der Waals surface area (Å²) in [6.45, 7) is 1.61. The molecule has 3 N–H and O–H groups in total. The van der Waals surface area contributed by atoms with Crippen LogP contribution in [-0.4, -0.2) is 60.0 Å². The Kier molecular flexibility index (Phi) is 6.56. The number of fused-ring (bicyclic) bond motifs is 1. The number of carbonyl (C=O) groups excluding carboxylic acids is 3. The maximum Gasteiger partial charge on any atom is 0.261 e. The van der Waals surface area contributed by atoms with Crippen LogP contribution in [0.25, 0.3) is 0 Å². The summed E-state index contributed by atoms with van der Waals surface area (Å²) in [5, 5.41) is 15.5. The van der Waals surface area contributed by atoms with E-state index in [-0.39, 0.29) is 49.0 Å². The molecule has 3 amide bonds. The highest BCUT2D eigenvalue weighted by molar-refractivity contribution is 9.10. The van der Waals surface area contributed by atoms with Crippen molar-refractivity contribution in [3.05, 3.63) is 33.8 Å². The van der Waals surface area contributed by atoms with Crippen molar-refractivity contribution in [2.24, 2.45) is 5.92 Å². The topological polar surface area (TPSA) is 98.7 Å². The van der Waals surface area contributed by atoms with Crippen LogP contribution in [0, 0.1) is 5.92 Å². The summed E-state index contributed by atoms with van der Waals surface area (Å²) in [4.78, 5) is 37.6. The first kappa shape index (κ1) is 19.8. The van der Waals surface area contributed by atoms with E-state index in [0.29, 0.717) is 30.8 Å². The van der Waals surface area contributed by atoms with Crippen LogP contribution < -0.4 is 10.6 Å². The smallest absolute Gasteiger partial charge is 0.261 e. The second-order valence-corrected chi connectivity index (χ2v) is 6.91. The van der Waals surface area contributed by atoms with Gasteiger partial charge in [0.25, 0.3) is 11.8 Å². The number of β-amino-alcohol motifs (C(OH)–C–C–N with tert-alkyl or cyclic N) is 1. The van der Waals surface area contributed by atoms with Crippen LogP contribution in [0.5, 0.6) is 0 Å². The first-order valence-corrected chi connectivity index (χ1v) is 8.58. The molecule has 2 unspecified atom stereocenters. The van der Waals surface area contributed by atoms with Crippen molar-refractivity contribution >= 4 is 46.1 Å². The van der Waals surface area contributed by atoms with Crippen molar-refractivity contribution in [2.45, 2.75) is 12.5 Å². The zero-order valence-electron chi connectivity index (χ0n) is 13.3. The molecule has 1 aromatic carbocycles. The molecule has 0 radical (unpaired) electrons. The molecule has 1 saturated heterocycles. The number of nitrogens with one attached hydrogen (secondary N) is 2. The van der Waals surface area contributed by atoms with E-state index in [4.69, 9.17) is 0 Å². The summed E-state index contributed by atoms with van der Waals surface area (Å²) >= 11 is 3.28. The minimum absolute atomic E-state index is 0. The fraction of sp³-hybridized carbons (Fsp3) is 0.438. The van der Waals surface area contributed by atoms with Gasteiger partial charge in [0.05, 0.1) is 17.2 Å². The molecular formula is C16H19BrClN3O4. The molecule has 2 atom stereocenters. The van der Waals surface area contributed by atoms with Crippen LogP contribution in [0.15, 0.2) is 22.7 Å². The van der Waals surface area contributed by atoms with E-state index in [1.165, 1.54) is 0 Å². The van der Waals surface area contributed by atoms with Crippen molar-refractivity contribution in [1.29, 1.82) is 0 Å². The van der Waals surface area contributed by atoms with E-state index >= 15 is 0 Å². The minimum atomic E-state index is -0.458. The quantitative estimate of drug-likeness (QED) is 0.590. The van der Waals surface area contributed by atoms with E-state index in [9.17, 15) is 19.5 Å². The molecule has 0 aliphatic carbocycles. The van der Waals surface area contributed by atoms with Gasteiger partial charge in [0.2, 0.25) is 5.91 Å². The predicted octanol–water partition coefficient (Wildman–Crippen LogP) is 0.553. The number of nitrogens with zero attached hydrogens (tertiary/aromatic N) is 1. The number of aliphatic hydroxyl groups is 1. The van der Waals surface area contributed by atoms with Crippen LogP contribution >= 0.6 is 28.3 Å². The molecule has 1 fully saturated rings. The second kappa shape index (κ2) is 8.27. The number of hydrogen-bond acceptors (Lipinski definition) is 5. The van der Waals surface area contributed by atoms with Gasteiger partial charge in [0.15, 0.2) is 0 Å². The standard InChI is InChI=1S/C16H18BrN3O4.ClH/c17-10-1-2-11-12(5-10)16(24)20(15(11)23)4-3-14(22)19-7-9-6-18-8-13(9)21;/h1-2,5,9,13,18,21H,3-4,6-8H2,(H,19,22);1H. The van der Waals surface area contributed by atoms with Crippen LogP contribution in [0.4, 0.5) is 0 Å². The van der Waals surface area contributed by atoms with Crippen molar-refractivity contribution < 1.29 is 19.5 Å². The molecule has 0 saturated carbocycles. The Labute approximate surface area is 159 Å². The Morgan fingerprint density at radius 3 is 2.68 bits per heavy atom. The Morgan fingerprint density at radius 2 is 2.00 bits per heavy atom. The van der Waals surface area contributed by atoms with Gasteiger partial charge >= 0.3 is 0 Å². The van der Waals surface area contributed by atoms with Crippen LogP contribution in [-0.2, 0) is 4.79 Å². The third-order valence-corrected chi connectivity index (χ3v) is 4.85. The highest BCUT2D eigenvalue weighted by atomic mass is 79.9. The second-order valence-electron chi connectivity index (χ2n) is 5.99. The number of benzene rings is 1. The average molecular weight is 433 g/mol. The van der Waals surface area contributed by atoms with Gasteiger partial charge in [-0.25, -0.2) is 0 Å². The number of aliphatic hydroxyl groups excluding tert-OH is 1. The van der Waals surface area contributed by atoms with Crippen LogP contribution in [0.2, 0.25) is 0 Å². The molecule has 136 valence electrons. The maximum atomic E-state index is 12.3. The Bertz CT molecular complexity index is 700. The zero-order valence-corrected chi connectivity index (χ0v) is 15.7. The molecule has 9 heteroatoms. The molecule has 0 bridgehead atoms. The number of carbonyl (C=O) groups is 3. The summed E-state index contributed by atoms with van der Waals surface area (Å²) in [5.41, 5.74) is 0.721. The van der Waals surface area contributed by atoms with Crippen LogP contribution in [0.1, 0.15) is 27.1 Å². The summed E-state index contributed by atoms with van der Waals surface area (Å²) in [7, 11) is 0. The highest BCUT2D eigenvalue weighted by Gasteiger charge is 2.35. The van der Waals surface area contributed by atoms with Crippen molar-refractivity contribution in [2.75, 3.05) is 26.2 Å². The van der Waals surface area contributed by atoms with Gasteiger partial charge in [0.1, 0.15) is 0 Å². The van der Waals surface area contributed by atoms with E-state index in [1.807, 2.05) is 0 Å². The molecule has 1 aromatic rings. The van der Waals surface area contributed by atoms with E-state index in [0.717, 1.165) is 9.37 Å². The fourth-order valence-electron chi connectivity index (χ4n) is 2.94. The summed E-state index contributed by atoms with van der Waals surface area (Å²) in [6, 6.07) is 4.93. The number of rotatable bonds is 5. The molecule has 7 nitrogen and oxygen atoms in total. The lowest BCUT2D eigenvalue weighted by atomic mass is 10.1. The average Bonchev–Trinajstić information content (AvgIpc) is 3.06. The molecule has 2 aliphatic rings. The Morgan fingerprint density at radius 1 is 1.28 bits per heavy atom. The van der Waals surface area contributed by atoms with Crippen molar-refractivity contribution in [3.8, 4) is 0 Å². The molecule has 2 aliphatic heterocycles. The largest absolute Gasteiger partial charge is 0.391 e. The monoisotopic (exact) mass is 431 g/mol. The van der Waals surface area contributed by atoms with Gasteiger partial charge in [-0.2, -0.15) is 0 Å². The van der Waals surface area contributed by atoms with Crippen molar-refractivity contribution in [1.82, 2.24) is 15.5 Å². The zero-order chi connectivity index (χ0) is 17.3.